The Balaban J connectivity index is 1.23. The summed E-state index contributed by atoms with van der Waals surface area (Å²) < 4.78 is 11.4. The summed E-state index contributed by atoms with van der Waals surface area (Å²) in [4.78, 5) is 35.4. The summed E-state index contributed by atoms with van der Waals surface area (Å²) >= 11 is 6.42. The normalized spacial score (nSPS) is 16.9. The number of pyridine rings is 2. The van der Waals surface area contributed by atoms with Gasteiger partial charge in [-0.05, 0) is 42.0 Å². The quantitative estimate of drug-likeness (QED) is 0.480. The van der Waals surface area contributed by atoms with Gasteiger partial charge in [-0.1, -0.05) is 17.7 Å². The van der Waals surface area contributed by atoms with E-state index in [1.165, 1.54) is 6.08 Å². The van der Waals surface area contributed by atoms with Crippen molar-refractivity contribution >= 4 is 35.3 Å². The van der Waals surface area contributed by atoms with Crippen molar-refractivity contribution in [3.8, 4) is 17.0 Å². The molecule has 2 aliphatic rings. The van der Waals surface area contributed by atoms with E-state index in [4.69, 9.17) is 26.8 Å². The molecular weight excluding hydrogens is 494 g/mol. The molecule has 2 amide bonds. The van der Waals surface area contributed by atoms with E-state index in [1.807, 2.05) is 12.1 Å². The molecule has 1 saturated heterocycles. The molecule has 2 aromatic heterocycles. The number of anilines is 1. The van der Waals surface area contributed by atoms with E-state index in [0.717, 1.165) is 22.4 Å². The largest absolute Gasteiger partial charge is 0.486 e. The molecule has 2 aliphatic heterocycles. The third kappa shape index (κ3) is 5.73. The van der Waals surface area contributed by atoms with Gasteiger partial charge in [-0.3, -0.25) is 14.6 Å². The number of morpholine rings is 1. The Morgan fingerprint density at radius 1 is 1.11 bits per heavy atom. The van der Waals surface area contributed by atoms with Crippen LogP contribution in [0.4, 0.5) is 5.82 Å². The minimum absolute atomic E-state index is 0.0514. The number of rotatable bonds is 6. The molecule has 0 bridgehead atoms. The maximum atomic E-state index is 12.7. The zero-order valence-corrected chi connectivity index (χ0v) is 20.8. The maximum Gasteiger partial charge on any atom is 0.255 e. The molecular formula is C27H26ClN5O4. The van der Waals surface area contributed by atoms with Crippen molar-refractivity contribution in [3.05, 3.63) is 76.6 Å². The number of ether oxygens (including phenoxy) is 2. The van der Waals surface area contributed by atoms with Crippen LogP contribution in [0, 0.1) is 0 Å². The van der Waals surface area contributed by atoms with Crippen LogP contribution in [-0.2, 0) is 16.0 Å². The smallest absolute Gasteiger partial charge is 0.255 e. The van der Waals surface area contributed by atoms with Crippen LogP contribution in [0.2, 0.25) is 5.02 Å². The van der Waals surface area contributed by atoms with Gasteiger partial charge in [-0.15, -0.1) is 0 Å². The minimum atomic E-state index is -0.272. The summed E-state index contributed by atoms with van der Waals surface area (Å²) in [6.07, 6.45) is 6.60. The molecule has 37 heavy (non-hydrogen) atoms. The van der Waals surface area contributed by atoms with Gasteiger partial charge in [0.1, 0.15) is 17.7 Å². The number of hydrogen-bond acceptors (Lipinski definition) is 7. The lowest BCUT2D eigenvalue weighted by Gasteiger charge is -2.26. The number of halogens is 1. The number of nitrogens with zero attached hydrogens (tertiary/aromatic N) is 3. The van der Waals surface area contributed by atoms with Crippen molar-refractivity contribution in [3.63, 3.8) is 0 Å². The SMILES string of the molecule is Nc1ccc(/C=C/C(=O)NCC2Cc3c(-c4ccc(C(=O)N5CCOCC5)cn4)ccc(Cl)c3O2)cn1. The molecule has 0 spiro atoms. The van der Waals surface area contributed by atoms with Gasteiger partial charge in [0.2, 0.25) is 5.91 Å². The van der Waals surface area contributed by atoms with Crippen LogP contribution in [0.25, 0.3) is 17.3 Å². The Hall–Kier alpha value is -3.95. The van der Waals surface area contributed by atoms with Gasteiger partial charge in [-0.2, -0.15) is 0 Å². The summed E-state index contributed by atoms with van der Waals surface area (Å²) in [7, 11) is 0. The topological polar surface area (TPSA) is 120 Å². The predicted octanol–water partition coefficient (Wildman–Crippen LogP) is 2.98. The molecule has 1 atom stereocenters. The van der Waals surface area contributed by atoms with Crippen LogP contribution < -0.4 is 15.8 Å². The molecule has 9 nitrogen and oxygen atoms in total. The number of nitrogens with two attached hydrogens (primary N) is 1. The fourth-order valence-corrected chi connectivity index (χ4v) is 4.53. The van der Waals surface area contributed by atoms with Gasteiger partial charge in [0.05, 0.1) is 36.0 Å². The monoisotopic (exact) mass is 519 g/mol. The highest BCUT2D eigenvalue weighted by molar-refractivity contribution is 6.32. The van der Waals surface area contributed by atoms with Crippen LogP contribution in [0.5, 0.6) is 5.75 Å². The van der Waals surface area contributed by atoms with E-state index in [-0.39, 0.29) is 17.9 Å². The molecule has 0 radical (unpaired) electrons. The first-order valence-corrected chi connectivity index (χ1v) is 12.3. The average molecular weight is 520 g/mol. The number of fused-ring (bicyclic) bond motifs is 1. The zero-order chi connectivity index (χ0) is 25.8. The summed E-state index contributed by atoms with van der Waals surface area (Å²) in [6, 6.07) is 10.8. The molecule has 1 unspecified atom stereocenters. The Morgan fingerprint density at radius 2 is 1.95 bits per heavy atom. The first-order valence-electron chi connectivity index (χ1n) is 12.0. The maximum absolute atomic E-state index is 12.7. The lowest BCUT2D eigenvalue weighted by molar-refractivity contribution is -0.116. The summed E-state index contributed by atoms with van der Waals surface area (Å²) in [5, 5.41) is 3.37. The number of carbonyl (C=O) groups is 2. The number of nitrogen functional groups attached to an aromatic ring is 1. The standard InChI is InChI=1S/C27H26ClN5O4/c28-22-5-4-20(23-6-3-18(15-30-23)27(35)33-9-11-36-12-10-33)21-13-19(37-26(21)22)16-32-25(34)8-2-17-1-7-24(29)31-14-17/h1-8,14-15,19H,9-13,16H2,(H2,29,31)(H,32,34)/b8-2+. The summed E-state index contributed by atoms with van der Waals surface area (Å²) in [5.41, 5.74) is 9.42. The lowest BCUT2D eigenvalue weighted by atomic mass is 9.99. The highest BCUT2D eigenvalue weighted by atomic mass is 35.5. The van der Waals surface area contributed by atoms with E-state index in [9.17, 15) is 9.59 Å². The number of hydrogen-bond donors (Lipinski definition) is 2. The van der Waals surface area contributed by atoms with Crippen molar-refractivity contribution in [1.29, 1.82) is 0 Å². The van der Waals surface area contributed by atoms with Gasteiger partial charge in [-0.25, -0.2) is 4.98 Å². The molecule has 0 saturated carbocycles. The molecule has 10 heteroatoms. The first kappa shape index (κ1) is 24.7. The predicted molar refractivity (Wildman–Crippen MR) is 140 cm³/mol. The van der Waals surface area contributed by atoms with Gasteiger partial charge in [0, 0.05) is 49.1 Å². The zero-order valence-electron chi connectivity index (χ0n) is 20.0. The van der Waals surface area contributed by atoms with Crippen LogP contribution in [0.3, 0.4) is 0 Å². The molecule has 1 aromatic carbocycles. The van der Waals surface area contributed by atoms with E-state index < -0.39 is 0 Å². The number of benzene rings is 1. The van der Waals surface area contributed by atoms with Crippen LogP contribution in [0.1, 0.15) is 21.5 Å². The van der Waals surface area contributed by atoms with Crippen LogP contribution >= 0.6 is 11.6 Å². The van der Waals surface area contributed by atoms with Crippen molar-refractivity contribution in [1.82, 2.24) is 20.2 Å². The lowest BCUT2D eigenvalue weighted by Crippen LogP contribution is -2.40. The molecule has 3 N–H and O–H groups in total. The second-order valence-electron chi connectivity index (χ2n) is 8.78. The van der Waals surface area contributed by atoms with E-state index in [2.05, 4.69) is 15.3 Å². The van der Waals surface area contributed by atoms with Crippen molar-refractivity contribution in [2.24, 2.45) is 0 Å². The average Bonchev–Trinajstić information content (AvgIpc) is 3.37. The molecule has 0 aliphatic carbocycles. The number of carbonyl (C=O) groups excluding carboxylic acids is 2. The fourth-order valence-electron chi connectivity index (χ4n) is 4.31. The van der Waals surface area contributed by atoms with E-state index in [1.54, 1.807) is 47.6 Å². The van der Waals surface area contributed by atoms with Crippen molar-refractivity contribution < 1.29 is 19.1 Å². The third-order valence-corrected chi connectivity index (χ3v) is 6.55. The Morgan fingerprint density at radius 3 is 2.68 bits per heavy atom. The highest BCUT2D eigenvalue weighted by Crippen LogP contribution is 2.41. The van der Waals surface area contributed by atoms with Crippen LogP contribution in [0.15, 0.2) is 54.9 Å². The summed E-state index contributed by atoms with van der Waals surface area (Å²) in [5.74, 6) is 0.719. The Kier molecular flexibility index (Phi) is 7.34. The highest BCUT2D eigenvalue weighted by Gasteiger charge is 2.29. The molecule has 5 rings (SSSR count). The van der Waals surface area contributed by atoms with Gasteiger partial charge in [0.15, 0.2) is 0 Å². The molecule has 4 heterocycles. The molecule has 3 aromatic rings. The second kappa shape index (κ2) is 11.0. The van der Waals surface area contributed by atoms with Gasteiger partial charge < -0.3 is 25.4 Å². The number of aromatic nitrogens is 2. The van der Waals surface area contributed by atoms with Gasteiger partial charge >= 0.3 is 0 Å². The molecule has 190 valence electrons. The van der Waals surface area contributed by atoms with Crippen LogP contribution in [-0.4, -0.2) is 65.6 Å². The number of nitrogens with one attached hydrogen (secondary N) is 1. The summed E-state index contributed by atoms with van der Waals surface area (Å²) in [6.45, 7) is 2.57. The van der Waals surface area contributed by atoms with E-state index in [0.29, 0.717) is 61.4 Å². The molecule has 1 fully saturated rings. The van der Waals surface area contributed by atoms with Crippen molar-refractivity contribution in [2.75, 3.05) is 38.6 Å². The number of amides is 2. The third-order valence-electron chi connectivity index (χ3n) is 6.25. The minimum Gasteiger partial charge on any atom is -0.486 e. The Bertz CT molecular complexity index is 1320. The fraction of sp³-hybridized carbons (Fsp3) is 0.259. The Labute approximate surface area is 219 Å². The first-order chi connectivity index (χ1) is 18.0. The van der Waals surface area contributed by atoms with Crippen molar-refractivity contribution in [2.45, 2.75) is 12.5 Å². The second-order valence-corrected chi connectivity index (χ2v) is 9.19. The van der Waals surface area contributed by atoms with E-state index >= 15 is 0 Å². The van der Waals surface area contributed by atoms with Gasteiger partial charge in [0.25, 0.3) is 5.91 Å².